The van der Waals surface area contributed by atoms with Crippen molar-refractivity contribution in [1.29, 1.82) is 0 Å². The quantitative estimate of drug-likeness (QED) is 0.455. The number of halogens is 1. The number of carboxylic acids is 1. The number of carboxylic acid groups (broad SMARTS) is 1. The minimum atomic E-state index is -1.05. The lowest BCUT2D eigenvalue weighted by Gasteiger charge is -2.32. The Morgan fingerprint density at radius 1 is 1.03 bits per heavy atom. The summed E-state index contributed by atoms with van der Waals surface area (Å²) in [7, 11) is 0. The largest absolute Gasteiger partial charge is 0.478 e. The highest BCUT2D eigenvalue weighted by atomic mass is 35.5. The standard InChI is InChI=1S/C26H22ClN3O4S/c27-19-8-12-21(13-9-19)29-26-30(15-14-17-4-2-1-3-5-17)23(31)16-22(35-26)24(32)28-20-10-6-18(7-11-20)25(33)34/h1-13,22H,14-16H2,(H,28,32)(H,33,34)/t22-/m1/s1. The summed E-state index contributed by atoms with van der Waals surface area (Å²) in [5.41, 5.74) is 2.30. The van der Waals surface area contributed by atoms with Gasteiger partial charge in [-0.3, -0.25) is 14.5 Å². The van der Waals surface area contributed by atoms with Gasteiger partial charge in [0.1, 0.15) is 5.25 Å². The van der Waals surface area contributed by atoms with Gasteiger partial charge in [-0.05, 0) is 60.5 Å². The van der Waals surface area contributed by atoms with Crippen molar-refractivity contribution in [2.45, 2.75) is 18.1 Å². The van der Waals surface area contributed by atoms with E-state index in [1.165, 1.54) is 36.0 Å². The number of hydrogen-bond donors (Lipinski definition) is 2. The van der Waals surface area contributed by atoms with E-state index in [-0.39, 0.29) is 23.8 Å². The van der Waals surface area contributed by atoms with Crippen LogP contribution >= 0.6 is 23.4 Å². The first-order valence-corrected chi connectivity index (χ1v) is 12.1. The predicted octanol–water partition coefficient (Wildman–Crippen LogP) is 5.24. The van der Waals surface area contributed by atoms with Crippen molar-refractivity contribution in [1.82, 2.24) is 4.90 Å². The summed E-state index contributed by atoms with van der Waals surface area (Å²) in [4.78, 5) is 43.4. The number of hydrogen-bond acceptors (Lipinski definition) is 5. The highest BCUT2D eigenvalue weighted by molar-refractivity contribution is 8.15. The van der Waals surface area contributed by atoms with E-state index in [0.29, 0.717) is 34.5 Å². The number of anilines is 1. The van der Waals surface area contributed by atoms with Crippen LogP contribution in [0.25, 0.3) is 0 Å². The van der Waals surface area contributed by atoms with Gasteiger partial charge in [0, 0.05) is 23.7 Å². The topological polar surface area (TPSA) is 99.1 Å². The number of carbonyl (C=O) groups excluding carboxylic acids is 2. The molecule has 1 atom stereocenters. The predicted molar refractivity (Wildman–Crippen MR) is 138 cm³/mol. The SMILES string of the molecule is O=C(O)c1ccc(NC(=O)[C@H]2CC(=O)N(CCc3ccccc3)C(=Nc3ccc(Cl)cc3)S2)cc1. The van der Waals surface area contributed by atoms with E-state index in [2.05, 4.69) is 10.3 Å². The number of nitrogens with zero attached hydrogens (tertiary/aromatic N) is 2. The molecule has 0 saturated carbocycles. The molecule has 3 aromatic carbocycles. The second-order valence-corrected chi connectivity index (χ2v) is 9.44. The lowest BCUT2D eigenvalue weighted by molar-refractivity contribution is -0.129. The molecule has 3 aromatic rings. The summed E-state index contributed by atoms with van der Waals surface area (Å²) in [6, 6.07) is 22.7. The second kappa shape index (κ2) is 11.2. The third-order valence-corrected chi connectivity index (χ3v) is 6.79. The Bertz CT molecular complexity index is 1250. The van der Waals surface area contributed by atoms with Gasteiger partial charge in [-0.2, -0.15) is 0 Å². The molecule has 2 amide bonds. The first-order valence-electron chi connectivity index (χ1n) is 10.9. The maximum absolute atomic E-state index is 13.1. The van der Waals surface area contributed by atoms with Crippen LogP contribution in [0.3, 0.4) is 0 Å². The molecular formula is C26H22ClN3O4S. The van der Waals surface area contributed by atoms with Gasteiger partial charge in [-0.1, -0.05) is 53.7 Å². The van der Waals surface area contributed by atoms with Crippen LogP contribution in [-0.4, -0.2) is 44.8 Å². The molecule has 1 aliphatic heterocycles. The molecule has 0 aliphatic carbocycles. The van der Waals surface area contributed by atoms with Gasteiger partial charge in [0.2, 0.25) is 11.8 Å². The maximum atomic E-state index is 13.1. The van der Waals surface area contributed by atoms with E-state index in [1.54, 1.807) is 29.2 Å². The maximum Gasteiger partial charge on any atom is 0.335 e. The Hall–Kier alpha value is -3.62. The number of amidine groups is 1. The smallest absolute Gasteiger partial charge is 0.335 e. The summed E-state index contributed by atoms with van der Waals surface area (Å²) in [5.74, 6) is -1.58. The number of rotatable bonds is 7. The van der Waals surface area contributed by atoms with E-state index in [0.717, 1.165) is 5.56 Å². The highest BCUT2D eigenvalue weighted by Gasteiger charge is 2.35. The molecule has 9 heteroatoms. The molecule has 0 unspecified atom stereocenters. The number of amides is 2. The zero-order chi connectivity index (χ0) is 24.8. The van der Waals surface area contributed by atoms with Crippen LogP contribution in [0.15, 0.2) is 83.9 Å². The zero-order valence-corrected chi connectivity index (χ0v) is 20.1. The van der Waals surface area contributed by atoms with E-state index >= 15 is 0 Å². The van der Waals surface area contributed by atoms with Gasteiger partial charge in [0.25, 0.3) is 0 Å². The third kappa shape index (κ3) is 6.49. The van der Waals surface area contributed by atoms with Crippen molar-refractivity contribution >= 4 is 57.7 Å². The van der Waals surface area contributed by atoms with Gasteiger partial charge < -0.3 is 10.4 Å². The zero-order valence-electron chi connectivity index (χ0n) is 18.6. The van der Waals surface area contributed by atoms with Gasteiger partial charge in [-0.25, -0.2) is 9.79 Å². The van der Waals surface area contributed by atoms with Crippen molar-refractivity contribution in [2.75, 3.05) is 11.9 Å². The number of carbonyl (C=O) groups is 3. The molecule has 0 spiro atoms. The van der Waals surface area contributed by atoms with Crippen molar-refractivity contribution in [3.05, 3.63) is 95.0 Å². The summed E-state index contributed by atoms with van der Waals surface area (Å²) in [5, 5.41) is 12.2. The van der Waals surface area contributed by atoms with Crippen molar-refractivity contribution < 1.29 is 19.5 Å². The van der Waals surface area contributed by atoms with Crippen LogP contribution in [0.5, 0.6) is 0 Å². The summed E-state index contributed by atoms with van der Waals surface area (Å²) in [6.45, 7) is 0.438. The average Bonchev–Trinajstić information content (AvgIpc) is 2.85. The average molecular weight is 508 g/mol. The van der Waals surface area contributed by atoms with Crippen LogP contribution in [0.2, 0.25) is 5.02 Å². The lowest BCUT2D eigenvalue weighted by Crippen LogP contribution is -2.46. The van der Waals surface area contributed by atoms with Crippen LogP contribution in [0.4, 0.5) is 11.4 Å². The molecule has 4 rings (SSSR count). The summed E-state index contributed by atoms with van der Waals surface area (Å²) < 4.78 is 0. The molecule has 1 saturated heterocycles. The minimum Gasteiger partial charge on any atom is -0.478 e. The van der Waals surface area contributed by atoms with E-state index in [1.807, 2.05) is 30.3 Å². The fourth-order valence-corrected chi connectivity index (χ4v) is 4.74. The third-order valence-electron chi connectivity index (χ3n) is 5.35. The molecule has 0 bridgehead atoms. The first-order chi connectivity index (χ1) is 16.9. The van der Waals surface area contributed by atoms with Gasteiger partial charge in [0.15, 0.2) is 5.17 Å². The molecule has 0 aromatic heterocycles. The molecule has 0 radical (unpaired) electrons. The molecule has 7 nitrogen and oxygen atoms in total. The molecule has 1 heterocycles. The first kappa shape index (κ1) is 24.5. The van der Waals surface area contributed by atoms with E-state index < -0.39 is 11.2 Å². The fraction of sp³-hybridized carbons (Fsp3) is 0.154. The van der Waals surface area contributed by atoms with Crippen LogP contribution in [0, 0.1) is 0 Å². The molecule has 178 valence electrons. The van der Waals surface area contributed by atoms with Crippen LogP contribution < -0.4 is 5.32 Å². The van der Waals surface area contributed by atoms with Gasteiger partial charge in [0.05, 0.1) is 11.3 Å². The number of thioether (sulfide) groups is 1. The minimum absolute atomic E-state index is 0.0259. The summed E-state index contributed by atoms with van der Waals surface area (Å²) >= 11 is 7.22. The number of benzene rings is 3. The van der Waals surface area contributed by atoms with Crippen LogP contribution in [0.1, 0.15) is 22.3 Å². The van der Waals surface area contributed by atoms with Gasteiger partial charge >= 0.3 is 5.97 Å². The Balaban J connectivity index is 1.53. The number of nitrogens with one attached hydrogen (secondary N) is 1. The number of aromatic carboxylic acids is 1. The monoisotopic (exact) mass is 507 g/mol. The Kier molecular flexibility index (Phi) is 7.84. The molecular weight excluding hydrogens is 486 g/mol. The number of aliphatic imine (C=N–C) groups is 1. The Morgan fingerprint density at radius 2 is 1.71 bits per heavy atom. The van der Waals surface area contributed by atoms with Crippen molar-refractivity contribution in [3.8, 4) is 0 Å². The molecule has 2 N–H and O–H groups in total. The summed E-state index contributed by atoms with van der Waals surface area (Å²) in [6.07, 6.45) is 0.678. The normalized spacial score (nSPS) is 16.8. The van der Waals surface area contributed by atoms with E-state index in [9.17, 15) is 14.4 Å². The van der Waals surface area contributed by atoms with Crippen LogP contribution in [-0.2, 0) is 16.0 Å². The van der Waals surface area contributed by atoms with Crippen molar-refractivity contribution in [3.63, 3.8) is 0 Å². The fourth-order valence-electron chi connectivity index (χ4n) is 3.49. The second-order valence-electron chi connectivity index (χ2n) is 7.83. The van der Waals surface area contributed by atoms with E-state index in [4.69, 9.17) is 16.7 Å². The Morgan fingerprint density at radius 3 is 2.37 bits per heavy atom. The van der Waals surface area contributed by atoms with Gasteiger partial charge in [-0.15, -0.1) is 0 Å². The highest BCUT2D eigenvalue weighted by Crippen LogP contribution is 2.30. The van der Waals surface area contributed by atoms with Crippen molar-refractivity contribution in [2.24, 2.45) is 4.99 Å². The molecule has 1 fully saturated rings. The molecule has 1 aliphatic rings. The Labute approximate surface area is 211 Å². The molecule has 35 heavy (non-hydrogen) atoms. The lowest BCUT2D eigenvalue weighted by atomic mass is 10.1.